The molecule has 2 N–H and O–H groups in total. The molecule has 0 aliphatic rings. The molecule has 0 aliphatic heterocycles. The number of nitrogens with one attached hydrogen (secondary N) is 2. The summed E-state index contributed by atoms with van der Waals surface area (Å²) in [5, 5.41) is -1.05. The first kappa shape index (κ1) is 9.85. The molecule has 0 saturated heterocycles. The number of benzene rings is 1. The van der Waals surface area contributed by atoms with Crippen LogP contribution in [0.4, 0.5) is 3.89 Å². The Hall–Kier alpha value is -1.23. The zero-order valence-corrected chi connectivity index (χ0v) is 7.82. The second-order valence-electron chi connectivity index (χ2n) is 2.69. The van der Waals surface area contributed by atoms with Gasteiger partial charge in [-0.05, 0) is 6.92 Å². The van der Waals surface area contributed by atoms with E-state index in [-0.39, 0.29) is 5.56 Å². The number of carbonyl (C=O) groups is 1. The smallest absolute Gasteiger partial charge is 0.267 e. The van der Waals surface area contributed by atoms with Crippen LogP contribution in [0, 0.1) is 16.5 Å². The third kappa shape index (κ3) is 2.35. The van der Waals surface area contributed by atoms with Crippen molar-refractivity contribution in [2.75, 3.05) is 0 Å². The highest BCUT2D eigenvalue weighted by molar-refractivity contribution is 8.04. The van der Waals surface area contributed by atoms with E-state index in [9.17, 15) is 8.68 Å². The van der Waals surface area contributed by atoms with Crippen molar-refractivity contribution in [1.29, 1.82) is 9.56 Å². The van der Waals surface area contributed by atoms with Gasteiger partial charge in [-0.3, -0.25) is 4.79 Å². The lowest BCUT2D eigenvalue weighted by Gasteiger charge is -1.99. The molecule has 0 unspecified atom stereocenters. The topological polar surface area (TPSA) is 64.8 Å². The van der Waals surface area contributed by atoms with Crippen molar-refractivity contribution < 1.29 is 8.68 Å². The Morgan fingerprint density at radius 3 is 2.15 bits per heavy atom. The summed E-state index contributed by atoms with van der Waals surface area (Å²) in [4.78, 5) is 11.1. The minimum atomic E-state index is -4.11. The van der Waals surface area contributed by atoms with E-state index in [4.69, 9.17) is 9.56 Å². The number of halogens is 1. The number of hydrogen-bond acceptors (Lipinski definition) is 3. The molecule has 0 aromatic heterocycles. The quantitative estimate of drug-likeness (QED) is 0.719. The van der Waals surface area contributed by atoms with Crippen LogP contribution in [0.2, 0.25) is 0 Å². The largest absolute Gasteiger partial charge is 0.277 e. The second-order valence-corrected chi connectivity index (χ2v) is 4.14. The first-order valence-electron chi connectivity index (χ1n) is 3.54. The second kappa shape index (κ2) is 3.26. The Kier molecular flexibility index (Phi) is 2.47. The van der Waals surface area contributed by atoms with E-state index in [1.54, 1.807) is 12.1 Å². The lowest BCUT2D eigenvalue weighted by molar-refractivity contribution is 0.107. The van der Waals surface area contributed by atoms with E-state index in [1.807, 2.05) is 6.92 Å². The SMILES string of the molecule is Cc1ccc(C(=O)S(=N)(=N)F)cc1. The molecular weight excluding hydrogens is 191 g/mol. The average Bonchev–Trinajstić information content (AvgIpc) is 2.03. The fourth-order valence-electron chi connectivity index (χ4n) is 0.852. The molecule has 0 saturated carbocycles. The molecule has 13 heavy (non-hydrogen) atoms. The molecule has 0 heterocycles. The van der Waals surface area contributed by atoms with Gasteiger partial charge in [0.15, 0.2) is 10.0 Å². The van der Waals surface area contributed by atoms with Crippen molar-refractivity contribution in [1.82, 2.24) is 0 Å². The number of aryl methyl sites for hydroxylation is 1. The molecule has 70 valence electrons. The molecule has 0 amide bonds. The van der Waals surface area contributed by atoms with E-state index < -0.39 is 15.1 Å². The summed E-state index contributed by atoms with van der Waals surface area (Å²) in [6.07, 6.45) is 0. The Morgan fingerprint density at radius 2 is 1.77 bits per heavy atom. The monoisotopic (exact) mass is 200 g/mol. The van der Waals surface area contributed by atoms with E-state index >= 15 is 0 Å². The summed E-state index contributed by atoms with van der Waals surface area (Å²) in [6.45, 7) is 1.84. The van der Waals surface area contributed by atoms with Gasteiger partial charge in [0.05, 0.1) is 0 Å². The summed E-state index contributed by atoms with van der Waals surface area (Å²) in [7, 11) is -4.11. The molecule has 0 aliphatic carbocycles. The van der Waals surface area contributed by atoms with Crippen molar-refractivity contribution in [3.05, 3.63) is 35.4 Å². The van der Waals surface area contributed by atoms with Crippen LogP contribution in [0.5, 0.6) is 0 Å². The van der Waals surface area contributed by atoms with Gasteiger partial charge < -0.3 is 0 Å². The van der Waals surface area contributed by atoms with Gasteiger partial charge in [0.2, 0.25) is 0 Å². The standard InChI is InChI=1S/C8H9FN2OS/c1-6-2-4-7(5-3-6)8(12)13(9,10)11/h2-5,10-11H,1H3. The minimum absolute atomic E-state index is 0.0908. The lowest BCUT2D eigenvalue weighted by Crippen LogP contribution is -2.05. The minimum Gasteiger partial charge on any atom is -0.277 e. The molecule has 3 nitrogen and oxygen atoms in total. The lowest BCUT2D eigenvalue weighted by atomic mass is 10.2. The summed E-state index contributed by atoms with van der Waals surface area (Å²) in [6, 6.07) is 6.17. The van der Waals surface area contributed by atoms with Gasteiger partial charge in [-0.1, -0.05) is 29.8 Å². The van der Waals surface area contributed by atoms with E-state index in [2.05, 4.69) is 0 Å². The van der Waals surface area contributed by atoms with Crippen molar-refractivity contribution in [3.63, 3.8) is 0 Å². The number of hydrogen-bond donors (Lipinski definition) is 2. The maximum atomic E-state index is 12.6. The molecule has 5 heteroatoms. The zero-order valence-electron chi connectivity index (χ0n) is 7.00. The van der Waals surface area contributed by atoms with Crippen molar-refractivity contribution in [3.8, 4) is 0 Å². The van der Waals surface area contributed by atoms with Crippen molar-refractivity contribution in [2.45, 2.75) is 6.92 Å². The zero-order chi connectivity index (χ0) is 10.1. The summed E-state index contributed by atoms with van der Waals surface area (Å²) >= 11 is 0. The predicted molar refractivity (Wildman–Crippen MR) is 49.4 cm³/mol. The van der Waals surface area contributed by atoms with Gasteiger partial charge in [-0.25, -0.2) is 9.56 Å². The maximum Gasteiger partial charge on any atom is 0.267 e. The van der Waals surface area contributed by atoms with Crippen molar-refractivity contribution >= 4 is 15.1 Å². The first-order valence-corrected chi connectivity index (χ1v) is 5.08. The van der Waals surface area contributed by atoms with Crippen LogP contribution in [0.25, 0.3) is 0 Å². The van der Waals surface area contributed by atoms with Crippen LogP contribution in [-0.4, -0.2) is 5.12 Å². The van der Waals surface area contributed by atoms with Gasteiger partial charge in [0, 0.05) is 5.56 Å². The Labute approximate surface area is 76.3 Å². The number of rotatable bonds is 1. The molecule has 0 bridgehead atoms. The molecule has 1 aromatic carbocycles. The Bertz CT molecular complexity index is 422. The third-order valence-corrected chi connectivity index (χ3v) is 2.29. The highest BCUT2D eigenvalue weighted by Gasteiger charge is 2.14. The fourth-order valence-corrected chi connectivity index (χ4v) is 1.31. The molecule has 1 aromatic rings. The van der Waals surface area contributed by atoms with Crippen molar-refractivity contribution in [2.24, 2.45) is 0 Å². The van der Waals surface area contributed by atoms with Crippen LogP contribution >= 0.6 is 0 Å². The van der Waals surface area contributed by atoms with E-state index in [0.717, 1.165) is 5.56 Å². The predicted octanol–water partition coefficient (Wildman–Crippen LogP) is 2.70. The van der Waals surface area contributed by atoms with Gasteiger partial charge in [0.1, 0.15) is 0 Å². The normalized spacial score (nSPS) is 11.2. The average molecular weight is 200 g/mol. The molecule has 0 fully saturated rings. The highest BCUT2D eigenvalue weighted by Crippen LogP contribution is 2.10. The fraction of sp³-hybridized carbons (Fsp3) is 0.125. The molecular formula is C8H9FN2OS. The molecule has 0 spiro atoms. The summed E-state index contributed by atoms with van der Waals surface area (Å²) in [5.41, 5.74) is 1.04. The highest BCUT2D eigenvalue weighted by atomic mass is 32.2. The van der Waals surface area contributed by atoms with Crippen LogP contribution < -0.4 is 0 Å². The molecule has 0 atom stereocenters. The van der Waals surface area contributed by atoms with Gasteiger partial charge in [-0.15, -0.1) is 3.89 Å². The van der Waals surface area contributed by atoms with Gasteiger partial charge >= 0.3 is 0 Å². The van der Waals surface area contributed by atoms with Crippen LogP contribution in [-0.2, 0) is 10.0 Å². The molecule has 0 radical (unpaired) electrons. The van der Waals surface area contributed by atoms with Crippen LogP contribution in [0.15, 0.2) is 24.3 Å². The van der Waals surface area contributed by atoms with Gasteiger partial charge in [-0.2, -0.15) is 0 Å². The van der Waals surface area contributed by atoms with Crippen LogP contribution in [0.3, 0.4) is 0 Å². The van der Waals surface area contributed by atoms with E-state index in [1.165, 1.54) is 12.1 Å². The van der Waals surface area contributed by atoms with Crippen LogP contribution in [0.1, 0.15) is 15.9 Å². The summed E-state index contributed by atoms with van der Waals surface area (Å²) < 4.78 is 26.0. The number of carbonyl (C=O) groups excluding carboxylic acids is 1. The molecule has 1 rings (SSSR count). The van der Waals surface area contributed by atoms with E-state index in [0.29, 0.717) is 0 Å². The Balaban J connectivity index is 3.12. The Morgan fingerprint density at radius 1 is 1.31 bits per heavy atom. The first-order chi connectivity index (χ1) is 5.91. The maximum absolute atomic E-state index is 12.6. The van der Waals surface area contributed by atoms with Gasteiger partial charge in [0.25, 0.3) is 5.12 Å². The summed E-state index contributed by atoms with van der Waals surface area (Å²) in [5.74, 6) is 0. The third-order valence-electron chi connectivity index (χ3n) is 1.54.